The van der Waals surface area contributed by atoms with E-state index < -0.39 is 17.8 Å². The first-order valence-corrected chi connectivity index (χ1v) is 9.35. The van der Waals surface area contributed by atoms with E-state index in [9.17, 15) is 18.0 Å². The van der Waals surface area contributed by atoms with E-state index in [-0.39, 0.29) is 35.2 Å². The van der Waals surface area contributed by atoms with Gasteiger partial charge in [-0.2, -0.15) is 13.2 Å². The quantitative estimate of drug-likeness (QED) is 0.475. The lowest BCUT2D eigenvalue weighted by Crippen LogP contribution is -2.32. The number of H-pyrrole nitrogens is 1. The van der Waals surface area contributed by atoms with Crippen molar-refractivity contribution in [2.24, 2.45) is 0 Å². The topological polar surface area (TPSA) is 67.0 Å². The fraction of sp³-hybridized carbons (Fsp3) is 0.412. The molecule has 5 nitrogen and oxygen atoms in total. The zero-order chi connectivity index (χ0) is 19.9. The Morgan fingerprint density at radius 2 is 2.15 bits per heavy atom. The molecule has 1 aliphatic heterocycles. The molecule has 2 N–H and O–H groups in total. The summed E-state index contributed by atoms with van der Waals surface area (Å²) in [6, 6.07) is 1.37. The van der Waals surface area contributed by atoms with Gasteiger partial charge >= 0.3 is 6.18 Å². The molecular formula is C17H17BF3N3O2S. The maximum Gasteiger partial charge on any atom is 0.417 e. The Kier molecular flexibility index (Phi) is 5.31. The van der Waals surface area contributed by atoms with E-state index in [1.54, 1.807) is 13.3 Å². The normalized spacial score (nSPS) is 16.9. The predicted octanol–water partition coefficient (Wildman–Crippen LogP) is 2.47. The molecule has 0 fully saturated rings. The van der Waals surface area contributed by atoms with Crippen molar-refractivity contribution in [2.75, 3.05) is 18.6 Å². The van der Waals surface area contributed by atoms with Gasteiger partial charge in [-0.25, -0.2) is 4.98 Å². The molecule has 1 atom stereocenters. The SMILES string of the molecule is [B]c1c(NC)cc(C)c(C(F)(F)F)c1[C@H]1Cc2nc(SC)[nH]c(=O)c2CO1. The van der Waals surface area contributed by atoms with Gasteiger partial charge in [0.1, 0.15) is 7.85 Å². The van der Waals surface area contributed by atoms with Gasteiger partial charge in [0.25, 0.3) is 5.56 Å². The molecule has 0 saturated carbocycles. The summed E-state index contributed by atoms with van der Waals surface area (Å²) >= 11 is 1.25. The highest BCUT2D eigenvalue weighted by molar-refractivity contribution is 7.98. The Morgan fingerprint density at radius 3 is 2.74 bits per heavy atom. The molecule has 0 spiro atoms. The van der Waals surface area contributed by atoms with Gasteiger partial charge in [-0.3, -0.25) is 4.79 Å². The number of rotatable bonds is 3. The van der Waals surface area contributed by atoms with Gasteiger partial charge in [0, 0.05) is 19.2 Å². The van der Waals surface area contributed by atoms with Crippen LogP contribution in [0.2, 0.25) is 0 Å². The minimum absolute atomic E-state index is 0.0150. The van der Waals surface area contributed by atoms with E-state index in [1.807, 2.05) is 0 Å². The molecule has 0 saturated heterocycles. The highest BCUT2D eigenvalue weighted by Gasteiger charge is 2.40. The second-order valence-corrected chi connectivity index (χ2v) is 6.99. The van der Waals surface area contributed by atoms with Crippen molar-refractivity contribution < 1.29 is 17.9 Å². The second-order valence-electron chi connectivity index (χ2n) is 6.20. The summed E-state index contributed by atoms with van der Waals surface area (Å²) < 4.78 is 46.9. The van der Waals surface area contributed by atoms with Crippen LogP contribution in [0.5, 0.6) is 0 Å². The van der Waals surface area contributed by atoms with Crippen LogP contribution >= 0.6 is 11.8 Å². The molecule has 2 aromatic rings. The van der Waals surface area contributed by atoms with Crippen LogP contribution in [0.15, 0.2) is 16.0 Å². The van der Waals surface area contributed by atoms with Crippen molar-refractivity contribution in [1.29, 1.82) is 0 Å². The molecule has 10 heteroatoms. The summed E-state index contributed by atoms with van der Waals surface area (Å²) in [5.74, 6) is 0. The minimum atomic E-state index is -4.59. The number of anilines is 1. The molecule has 0 amide bonds. The van der Waals surface area contributed by atoms with Gasteiger partial charge in [-0.15, -0.1) is 0 Å². The largest absolute Gasteiger partial charge is 0.417 e. The summed E-state index contributed by atoms with van der Waals surface area (Å²) in [4.78, 5) is 19.1. The predicted molar refractivity (Wildman–Crippen MR) is 99.0 cm³/mol. The number of halogens is 3. The van der Waals surface area contributed by atoms with Gasteiger partial charge in [-0.1, -0.05) is 17.2 Å². The van der Waals surface area contributed by atoms with Crippen LogP contribution in [-0.2, 0) is 23.9 Å². The van der Waals surface area contributed by atoms with Crippen LogP contribution in [0.25, 0.3) is 0 Å². The lowest BCUT2D eigenvalue weighted by molar-refractivity contribution is -0.140. The van der Waals surface area contributed by atoms with Crippen molar-refractivity contribution in [3.8, 4) is 0 Å². The van der Waals surface area contributed by atoms with Gasteiger partial charge in [0.05, 0.1) is 29.5 Å². The molecule has 1 aromatic heterocycles. The molecule has 0 unspecified atom stereocenters. The molecule has 1 aromatic carbocycles. The molecule has 0 bridgehead atoms. The van der Waals surface area contributed by atoms with Crippen LogP contribution < -0.4 is 16.3 Å². The fourth-order valence-electron chi connectivity index (χ4n) is 3.32. The van der Waals surface area contributed by atoms with E-state index in [1.165, 1.54) is 24.8 Å². The number of fused-ring (bicyclic) bond motifs is 1. The summed E-state index contributed by atoms with van der Waals surface area (Å²) in [6.07, 6.45) is -3.76. The first-order chi connectivity index (χ1) is 12.7. The number of nitrogens with one attached hydrogen (secondary N) is 2. The highest BCUT2D eigenvalue weighted by Crippen LogP contribution is 2.40. The molecule has 142 valence electrons. The molecule has 2 radical (unpaired) electrons. The average Bonchev–Trinajstić information content (AvgIpc) is 2.61. The smallest absolute Gasteiger partial charge is 0.389 e. The first-order valence-electron chi connectivity index (χ1n) is 8.13. The summed E-state index contributed by atoms with van der Waals surface area (Å²) in [5.41, 5.74) is -0.0711. The zero-order valence-corrected chi connectivity index (χ0v) is 15.8. The second kappa shape index (κ2) is 7.24. The Labute approximate surface area is 159 Å². The van der Waals surface area contributed by atoms with Crippen LogP contribution in [-0.4, -0.2) is 31.1 Å². The van der Waals surface area contributed by atoms with E-state index in [2.05, 4.69) is 15.3 Å². The van der Waals surface area contributed by atoms with Gasteiger partial charge in [-0.05, 0) is 30.4 Å². The van der Waals surface area contributed by atoms with Crippen LogP contribution in [0.1, 0.15) is 34.1 Å². The minimum Gasteiger partial charge on any atom is -0.389 e. The maximum atomic E-state index is 13.8. The summed E-state index contributed by atoms with van der Waals surface area (Å²) in [7, 11) is 7.65. The van der Waals surface area contributed by atoms with Crippen molar-refractivity contribution in [3.63, 3.8) is 0 Å². The third-order valence-electron chi connectivity index (χ3n) is 4.56. The number of aromatic amines is 1. The lowest BCUT2D eigenvalue weighted by atomic mass is 9.79. The molecule has 3 rings (SSSR count). The Hall–Kier alpha value is -1.94. The van der Waals surface area contributed by atoms with E-state index >= 15 is 0 Å². The number of alkyl halides is 3. The van der Waals surface area contributed by atoms with Gasteiger partial charge in [0.2, 0.25) is 0 Å². The average molecular weight is 395 g/mol. The Balaban J connectivity index is 2.16. The molecular weight excluding hydrogens is 378 g/mol. The number of ether oxygens (including phenoxy) is 1. The number of nitrogens with zero attached hydrogens (tertiary/aromatic N) is 1. The third-order valence-corrected chi connectivity index (χ3v) is 5.14. The first kappa shape index (κ1) is 19.8. The fourth-order valence-corrected chi connectivity index (χ4v) is 3.71. The summed E-state index contributed by atoms with van der Waals surface area (Å²) in [5, 5.41) is 3.22. The third kappa shape index (κ3) is 3.60. The van der Waals surface area contributed by atoms with Crippen molar-refractivity contribution >= 4 is 30.8 Å². The number of benzene rings is 1. The number of aromatic nitrogens is 2. The van der Waals surface area contributed by atoms with Gasteiger partial charge in [0.15, 0.2) is 5.16 Å². The van der Waals surface area contributed by atoms with Gasteiger partial charge < -0.3 is 15.0 Å². The van der Waals surface area contributed by atoms with Crippen molar-refractivity contribution in [3.05, 3.63) is 44.4 Å². The van der Waals surface area contributed by atoms with Crippen molar-refractivity contribution in [1.82, 2.24) is 9.97 Å². The Bertz CT molecular complexity index is 946. The van der Waals surface area contributed by atoms with E-state index in [4.69, 9.17) is 12.6 Å². The monoisotopic (exact) mass is 395 g/mol. The number of hydrogen-bond acceptors (Lipinski definition) is 5. The van der Waals surface area contributed by atoms with Crippen LogP contribution in [0.4, 0.5) is 18.9 Å². The zero-order valence-electron chi connectivity index (χ0n) is 15.0. The highest BCUT2D eigenvalue weighted by atomic mass is 32.2. The van der Waals surface area contributed by atoms with E-state index in [0.717, 1.165) is 0 Å². The number of aryl methyl sites for hydroxylation is 1. The molecule has 0 aliphatic carbocycles. The van der Waals surface area contributed by atoms with Crippen molar-refractivity contribution in [2.45, 2.75) is 37.4 Å². The summed E-state index contributed by atoms with van der Waals surface area (Å²) in [6.45, 7) is 1.26. The lowest BCUT2D eigenvalue weighted by Gasteiger charge is -2.30. The Morgan fingerprint density at radius 1 is 1.44 bits per heavy atom. The van der Waals surface area contributed by atoms with E-state index in [0.29, 0.717) is 22.1 Å². The standard InChI is InChI=1S/C17H17BF3N3O2S/c1-7-4-10(22-2)14(18)12(13(7)17(19,20)21)11-5-9-8(6-26-11)15(25)24-16(23-9)27-3/h4,11,22H,5-6H2,1-3H3,(H,23,24,25)/t11-/m1/s1. The molecule has 2 heterocycles. The maximum absolute atomic E-state index is 13.8. The number of hydrogen-bond donors (Lipinski definition) is 2. The molecule has 27 heavy (non-hydrogen) atoms. The van der Waals surface area contributed by atoms with Crippen LogP contribution in [0, 0.1) is 6.92 Å². The van der Waals surface area contributed by atoms with Crippen LogP contribution in [0.3, 0.4) is 0 Å². The number of thioether (sulfide) groups is 1. The molecule has 1 aliphatic rings.